The molecule has 3 nitrogen and oxygen atoms in total. The van der Waals surface area contributed by atoms with E-state index in [0.29, 0.717) is 6.61 Å². The number of hydrogen-bond acceptors (Lipinski definition) is 2. The van der Waals surface area contributed by atoms with Crippen molar-refractivity contribution in [3.05, 3.63) is 35.4 Å². The lowest BCUT2D eigenvalue weighted by atomic mass is 10.1. The summed E-state index contributed by atoms with van der Waals surface area (Å²) in [6.45, 7) is 2.50. The smallest absolute Gasteiger partial charge is 0.246 e. The monoisotopic (exact) mass is 253 g/mol. The van der Waals surface area contributed by atoms with Gasteiger partial charge in [0.25, 0.3) is 0 Å². The highest BCUT2D eigenvalue weighted by atomic mass is 35.5. The zero-order valence-electron chi connectivity index (χ0n) is 9.78. The molecule has 0 aliphatic heterocycles. The van der Waals surface area contributed by atoms with Crippen LogP contribution in [0.3, 0.4) is 0 Å². The molecular formula is C13H16ClNO2. The van der Waals surface area contributed by atoms with Gasteiger partial charge in [-0.05, 0) is 24.5 Å². The second kappa shape index (κ2) is 5.52. The van der Waals surface area contributed by atoms with E-state index in [1.54, 1.807) is 0 Å². The lowest BCUT2D eigenvalue weighted by Crippen LogP contribution is -2.34. The summed E-state index contributed by atoms with van der Waals surface area (Å²) in [7, 11) is 0. The van der Waals surface area contributed by atoms with Crippen molar-refractivity contribution in [2.45, 2.75) is 24.8 Å². The quantitative estimate of drug-likeness (QED) is 0.834. The summed E-state index contributed by atoms with van der Waals surface area (Å²) in [5, 5.41) is 2.85. The van der Waals surface area contributed by atoms with Crippen molar-refractivity contribution in [1.29, 1.82) is 0 Å². The summed E-state index contributed by atoms with van der Waals surface area (Å²) in [6, 6.07) is 7.94. The molecule has 0 radical (unpaired) electrons. The van der Waals surface area contributed by atoms with Gasteiger partial charge in [-0.15, -0.1) is 11.6 Å². The first-order valence-corrected chi connectivity index (χ1v) is 6.25. The minimum Gasteiger partial charge on any atom is -0.372 e. The number of amides is 1. The lowest BCUT2D eigenvalue weighted by Gasteiger charge is -2.17. The van der Waals surface area contributed by atoms with Gasteiger partial charge in [0.15, 0.2) is 0 Å². The zero-order valence-corrected chi connectivity index (χ0v) is 10.5. The molecule has 4 heteroatoms. The van der Waals surface area contributed by atoms with Crippen molar-refractivity contribution in [2.24, 2.45) is 0 Å². The predicted molar refractivity (Wildman–Crippen MR) is 67.2 cm³/mol. The van der Waals surface area contributed by atoms with Crippen molar-refractivity contribution in [3.8, 4) is 0 Å². The molecule has 0 bridgehead atoms. The minimum absolute atomic E-state index is 0.0713. The molecule has 0 saturated carbocycles. The Bertz CT molecular complexity index is 408. The van der Waals surface area contributed by atoms with Crippen LogP contribution in [0.1, 0.15) is 24.1 Å². The van der Waals surface area contributed by atoms with Crippen molar-refractivity contribution in [1.82, 2.24) is 5.32 Å². The number of alkyl halides is 1. The molecule has 2 atom stereocenters. The largest absolute Gasteiger partial charge is 0.372 e. The molecule has 1 amide bonds. The van der Waals surface area contributed by atoms with E-state index in [1.807, 2.05) is 25.1 Å². The van der Waals surface area contributed by atoms with Gasteiger partial charge >= 0.3 is 0 Å². The molecule has 17 heavy (non-hydrogen) atoms. The standard InChI is InChI=1S/C13H16ClNO2/c1-2-17-8-12(16)15-13-10-6-4-3-5-9(10)7-11(13)14/h3-6,11,13H,2,7-8H2,1H3,(H,15,16). The summed E-state index contributed by atoms with van der Waals surface area (Å²) in [5.74, 6) is -0.112. The Morgan fingerprint density at radius 1 is 1.53 bits per heavy atom. The molecule has 0 saturated heterocycles. The summed E-state index contributed by atoms with van der Waals surface area (Å²) in [4.78, 5) is 11.6. The number of carbonyl (C=O) groups is 1. The molecule has 0 heterocycles. The normalized spacial score (nSPS) is 22.2. The van der Waals surface area contributed by atoms with Crippen LogP contribution in [0.4, 0.5) is 0 Å². The van der Waals surface area contributed by atoms with E-state index < -0.39 is 0 Å². The second-order valence-electron chi connectivity index (χ2n) is 4.10. The predicted octanol–water partition coefficient (Wildman–Crippen LogP) is 2.04. The maximum atomic E-state index is 11.6. The Hall–Kier alpha value is -1.06. The summed E-state index contributed by atoms with van der Waals surface area (Å²) < 4.78 is 5.07. The van der Waals surface area contributed by atoms with Gasteiger partial charge in [0.1, 0.15) is 6.61 Å². The SMILES string of the molecule is CCOCC(=O)NC1c2ccccc2CC1Cl. The van der Waals surface area contributed by atoms with E-state index in [0.717, 1.165) is 12.0 Å². The molecule has 2 rings (SSSR count). The van der Waals surface area contributed by atoms with Gasteiger partial charge in [0, 0.05) is 6.61 Å². The highest BCUT2D eigenvalue weighted by Crippen LogP contribution is 2.34. The third-order valence-corrected chi connectivity index (χ3v) is 3.33. The van der Waals surface area contributed by atoms with Crippen LogP contribution in [0, 0.1) is 0 Å². The number of halogens is 1. The molecule has 0 fully saturated rings. The van der Waals surface area contributed by atoms with E-state index in [-0.39, 0.29) is 23.9 Å². The van der Waals surface area contributed by atoms with Gasteiger partial charge in [0.2, 0.25) is 5.91 Å². The van der Waals surface area contributed by atoms with Crippen molar-refractivity contribution < 1.29 is 9.53 Å². The van der Waals surface area contributed by atoms with Crippen molar-refractivity contribution in [3.63, 3.8) is 0 Å². The number of fused-ring (bicyclic) bond motifs is 1. The minimum atomic E-state index is -0.112. The van der Waals surface area contributed by atoms with Crippen LogP contribution in [-0.2, 0) is 16.0 Å². The zero-order chi connectivity index (χ0) is 12.3. The molecule has 1 aromatic rings. The number of rotatable bonds is 4. The van der Waals surface area contributed by atoms with Gasteiger partial charge in [0.05, 0.1) is 11.4 Å². The van der Waals surface area contributed by atoms with E-state index in [1.165, 1.54) is 5.56 Å². The first-order valence-electron chi connectivity index (χ1n) is 5.81. The summed E-state index contributed by atoms with van der Waals surface area (Å²) in [5.41, 5.74) is 2.34. The molecule has 1 N–H and O–H groups in total. The van der Waals surface area contributed by atoms with Crippen LogP contribution in [0.5, 0.6) is 0 Å². The fraction of sp³-hybridized carbons (Fsp3) is 0.462. The van der Waals surface area contributed by atoms with Gasteiger partial charge < -0.3 is 10.1 Å². The van der Waals surface area contributed by atoms with Crippen molar-refractivity contribution in [2.75, 3.05) is 13.2 Å². The Kier molecular flexibility index (Phi) is 4.02. The van der Waals surface area contributed by atoms with Gasteiger partial charge in [-0.3, -0.25) is 4.79 Å². The number of ether oxygens (including phenoxy) is 1. The molecule has 0 spiro atoms. The summed E-state index contributed by atoms with van der Waals surface area (Å²) in [6.07, 6.45) is 0.803. The maximum Gasteiger partial charge on any atom is 0.246 e. The average Bonchev–Trinajstić information content (AvgIpc) is 2.64. The van der Waals surface area contributed by atoms with Crippen molar-refractivity contribution >= 4 is 17.5 Å². The van der Waals surface area contributed by atoms with Crippen LogP contribution >= 0.6 is 11.6 Å². The molecule has 0 aromatic heterocycles. The van der Waals surface area contributed by atoms with E-state index in [9.17, 15) is 4.79 Å². The lowest BCUT2D eigenvalue weighted by molar-refractivity contribution is -0.126. The average molecular weight is 254 g/mol. The van der Waals surface area contributed by atoms with Crippen LogP contribution in [0.25, 0.3) is 0 Å². The van der Waals surface area contributed by atoms with Crippen LogP contribution < -0.4 is 5.32 Å². The first kappa shape index (κ1) is 12.4. The Morgan fingerprint density at radius 3 is 3.06 bits per heavy atom. The fourth-order valence-electron chi connectivity index (χ4n) is 2.12. The first-order chi connectivity index (χ1) is 8.22. The number of carbonyl (C=O) groups excluding carboxylic acids is 1. The van der Waals surface area contributed by atoms with Gasteiger partial charge in [-0.1, -0.05) is 24.3 Å². The van der Waals surface area contributed by atoms with Crippen LogP contribution in [-0.4, -0.2) is 24.5 Å². The third kappa shape index (κ3) is 2.79. The van der Waals surface area contributed by atoms with E-state index in [2.05, 4.69) is 11.4 Å². The Labute approximate surface area is 106 Å². The molecule has 1 aliphatic carbocycles. The van der Waals surface area contributed by atoms with Crippen LogP contribution in [0.15, 0.2) is 24.3 Å². The molecule has 2 unspecified atom stereocenters. The highest BCUT2D eigenvalue weighted by molar-refractivity contribution is 6.21. The van der Waals surface area contributed by atoms with E-state index >= 15 is 0 Å². The van der Waals surface area contributed by atoms with Gasteiger partial charge in [-0.25, -0.2) is 0 Å². The number of nitrogens with one attached hydrogen (secondary N) is 1. The summed E-state index contributed by atoms with van der Waals surface area (Å²) >= 11 is 6.27. The Balaban J connectivity index is 2.04. The molecule has 1 aliphatic rings. The number of hydrogen-bond donors (Lipinski definition) is 1. The second-order valence-corrected chi connectivity index (χ2v) is 4.66. The van der Waals surface area contributed by atoms with Gasteiger partial charge in [-0.2, -0.15) is 0 Å². The highest BCUT2D eigenvalue weighted by Gasteiger charge is 2.31. The third-order valence-electron chi connectivity index (χ3n) is 2.92. The molecule has 92 valence electrons. The van der Waals surface area contributed by atoms with E-state index in [4.69, 9.17) is 16.3 Å². The molecular weight excluding hydrogens is 238 g/mol. The Morgan fingerprint density at radius 2 is 2.29 bits per heavy atom. The fourth-order valence-corrected chi connectivity index (χ4v) is 2.49. The molecule has 1 aromatic carbocycles. The van der Waals surface area contributed by atoms with Crippen LogP contribution in [0.2, 0.25) is 0 Å². The topological polar surface area (TPSA) is 38.3 Å². The number of benzene rings is 1. The maximum absolute atomic E-state index is 11.6.